The summed E-state index contributed by atoms with van der Waals surface area (Å²) in [6.45, 7) is 3.94. The zero-order chi connectivity index (χ0) is 12.8. The normalized spacial score (nSPS) is 11.6. The quantitative estimate of drug-likeness (QED) is 0.837. The van der Waals surface area contributed by atoms with Crippen LogP contribution in [0.15, 0.2) is 24.3 Å². The lowest BCUT2D eigenvalue weighted by Crippen LogP contribution is -2.16. The number of ether oxygens (including phenoxy) is 2. The Bertz CT molecular complexity index is 365. The van der Waals surface area contributed by atoms with E-state index in [2.05, 4.69) is 4.74 Å². The van der Waals surface area contributed by atoms with E-state index in [4.69, 9.17) is 10.5 Å². The number of carbonyl (C=O) groups excluding carboxylic acids is 1. The third kappa shape index (κ3) is 5.38. The summed E-state index contributed by atoms with van der Waals surface area (Å²) in [5.41, 5.74) is 6.78. The second-order valence-electron chi connectivity index (χ2n) is 4.12. The Kier molecular flexibility index (Phi) is 7.39. The van der Waals surface area contributed by atoms with Crippen molar-refractivity contribution in [1.29, 1.82) is 0 Å². The average Bonchev–Trinajstić information content (AvgIpc) is 2.28. The first kappa shape index (κ1) is 16.7. The Labute approximate surface area is 114 Å². The van der Waals surface area contributed by atoms with Crippen LogP contribution in [0, 0.1) is 0 Å². The molecule has 0 fully saturated rings. The van der Waals surface area contributed by atoms with Crippen molar-refractivity contribution in [3.05, 3.63) is 29.8 Å². The van der Waals surface area contributed by atoms with Gasteiger partial charge in [-0.25, -0.2) is 0 Å². The van der Waals surface area contributed by atoms with Crippen LogP contribution in [0.1, 0.15) is 31.9 Å². The van der Waals surface area contributed by atoms with Crippen molar-refractivity contribution in [1.82, 2.24) is 0 Å². The van der Waals surface area contributed by atoms with Gasteiger partial charge in [-0.1, -0.05) is 12.1 Å². The van der Waals surface area contributed by atoms with Crippen LogP contribution in [0.3, 0.4) is 0 Å². The monoisotopic (exact) mass is 273 g/mol. The van der Waals surface area contributed by atoms with E-state index in [-0.39, 0.29) is 36.9 Å². The summed E-state index contributed by atoms with van der Waals surface area (Å²) in [5.74, 6) is 0.494. The summed E-state index contributed by atoms with van der Waals surface area (Å²) in [7, 11) is 1.36. The van der Waals surface area contributed by atoms with Gasteiger partial charge in [-0.15, -0.1) is 12.4 Å². The van der Waals surface area contributed by atoms with E-state index >= 15 is 0 Å². The van der Waals surface area contributed by atoms with Crippen LogP contribution in [0.25, 0.3) is 0 Å². The van der Waals surface area contributed by atoms with E-state index in [9.17, 15) is 4.79 Å². The highest BCUT2D eigenvalue weighted by atomic mass is 35.5. The SMILES string of the molecule is COC(=O)C[C@H](N)c1ccc(OC(C)C)cc1.Cl. The lowest BCUT2D eigenvalue weighted by molar-refractivity contribution is -0.141. The molecule has 18 heavy (non-hydrogen) atoms. The molecule has 2 N–H and O–H groups in total. The number of hydrogen-bond acceptors (Lipinski definition) is 4. The first-order valence-electron chi connectivity index (χ1n) is 5.62. The highest BCUT2D eigenvalue weighted by Gasteiger charge is 2.11. The molecule has 0 amide bonds. The summed E-state index contributed by atoms with van der Waals surface area (Å²) in [6, 6.07) is 7.10. The summed E-state index contributed by atoms with van der Waals surface area (Å²) in [6.07, 6.45) is 0.325. The lowest BCUT2D eigenvalue weighted by Gasteiger charge is -2.13. The molecule has 1 rings (SSSR count). The highest BCUT2D eigenvalue weighted by Crippen LogP contribution is 2.19. The number of rotatable bonds is 5. The largest absolute Gasteiger partial charge is 0.491 e. The summed E-state index contributed by atoms with van der Waals surface area (Å²) in [5, 5.41) is 0. The number of hydrogen-bond donors (Lipinski definition) is 1. The molecule has 0 saturated heterocycles. The Balaban J connectivity index is 0.00000289. The van der Waals surface area contributed by atoms with Crippen molar-refractivity contribution in [3.8, 4) is 5.75 Å². The maximum absolute atomic E-state index is 11.1. The molecule has 1 atom stereocenters. The van der Waals surface area contributed by atoms with Gasteiger partial charge in [0.2, 0.25) is 0 Å². The number of esters is 1. The molecular formula is C13H20ClNO3. The van der Waals surface area contributed by atoms with Crippen LogP contribution in [-0.2, 0) is 9.53 Å². The Morgan fingerprint density at radius 3 is 2.28 bits per heavy atom. The second-order valence-corrected chi connectivity index (χ2v) is 4.12. The van der Waals surface area contributed by atoms with Gasteiger partial charge in [0.1, 0.15) is 5.75 Å². The minimum Gasteiger partial charge on any atom is -0.491 e. The molecule has 0 aliphatic heterocycles. The molecule has 0 heterocycles. The predicted molar refractivity (Wildman–Crippen MR) is 73.0 cm³/mol. The van der Waals surface area contributed by atoms with Gasteiger partial charge in [-0.2, -0.15) is 0 Å². The van der Waals surface area contributed by atoms with Crippen LogP contribution in [0.5, 0.6) is 5.75 Å². The van der Waals surface area contributed by atoms with Crippen LogP contribution >= 0.6 is 12.4 Å². The van der Waals surface area contributed by atoms with Crippen LogP contribution < -0.4 is 10.5 Å². The maximum atomic E-state index is 11.1. The number of methoxy groups -OCH3 is 1. The molecule has 5 heteroatoms. The van der Waals surface area contributed by atoms with Crippen LogP contribution in [0.4, 0.5) is 0 Å². The Morgan fingerprint density at radius 2 is 1.83 bits per heavy atom. The van der Waals surface area contributed by atoms with Gasteiger partial charge in [0.15, 0.2) is 0 Å². The molecule has 4 nitrogen and oxygen atoms in total. The summed E-state index contributed by atoms with van der Waals surface area (Å²) < 4.78 is 10.1. The smallest absolute Gasteiger partial charge is 0.307 e. The van der Waals surface area contributed by atoms with Crippen molar-refractivity contribution in [2.45, 2.75) is 32.4 Å². The molecule has 102 valence electrons. The first-order valence-corrected chi connectivity index (χ1v) is 5.62. The number of benzene rings is 1. The van der Waals surface area contributed by atoms with E-state index in [1.54, 1.807) is 0 Å². The Morgan fingerprint density at radius 1 is 1.28 bits per heavy atom. The second kappa shape index (κ2) is 7.95. The fourth-order valence-corrected chi connectivity index (χ4v) is 1.45. The molecule has 0 spiro atoms. The number of carbonyl (C=O) groups is 1. The molecule has 0 aliphatic rings. The van der Waals surface area contributed by atoms with Gasteiger partial charge in [0.05, 0.1) is 19.6 Å². The molecule has 1 aromatic rings. The zero-order valence-electron chi connectivity index (χ0n) is 10.9. The van der Waals surface area contributed by atoms with Crippen molar-refractivity contribution < 1.29 is 14.3 Å². The molecule has 0 bridgehead atoms. The fourth-order valence-electron chi connectivity index (χ4n) is 1.45. The van der Waals surface area contributed by atoms with Crippen molar-refractivity contribution in [2.75, 3.05) is 7.11 Å². The van der Waals surface area contributed by atoms with Crippen molar-refractivity contribution >= 4 is 18.4 Å². The minimum atomic E-state index is -0.337. The first-order chi connectivity index (χ1) is 8.02. The molecule has 0 aliphatic carbocycles. The maximum Gasteiger partial charge on any atom is 0.307 e. The van der Waals surface area contributed by atoms with E-state index in [0.717, 1.165) is 11.3 Å². The van der Waals surface area contributed by atoms with Gasteiger partial charge >= 0.3 is 5.97 Å². The molecule has 0 radical (unpaired) electrons. The van der Waals surface area contributed by atoms with Gasteiger partial charge in [-0.05, 0) is 31.5 Å². The molecular weight excluding hydrogens is 254 g/mol. The molecule has 1 aromatic carbocycles. The predicted octanol–water partition coefficient (Wildman–Crippen LogP) is 2.46. The van der Waals surface area contributed by atoms with Crippen molar-refractivity contribution in [3.63, 3.8) is 0 Å². The fraction of sp³-hybridized carbons (Fsp3) is 0.462. The van der Waals surface area contributed by atoms with Gasteiger partial charge in [0.25, 0.3) is 0 Å². The van der Waals surface area contributed by atoms with E-state index in [1.807, 2.05) is 38.1 Å². The molecule has 0 aromatic heterocycles. The Hall–Kier alpha value is -1.26. The van der Waals surface area contributed by atoms with E-state index < -0.39 is 0 Å². The van der Waals surface area contributed by atoms with E-state index in [1.165, 1.54) is 7.11 Å². The van der Waals surface area contributed by atoms with Gasteiger partial charge < -0.3 is 15.2 Å². The van der Waals surface area contributed by atoms with Gasteiger partial charge in [-0.3, -0.25) is 4.79 Å². The third-order valence-corrected chi connectivity index (χ3v) is 2.29. The van der Waals surface area contributed by atoms with Gasteiger partial charge in [0, 0.05) is 6.04 Å². The van der Waals surface area contributed by atoms with Crippen LogP contribution in [-0.4, -0.2) is 19.2 Å². The lowest BCUT2D eigenvalue weighted by atomic mass is 10.0. The molecule has 0 saturated carbocycles. The van der Waals surface area contributed by atoms with E-state index in [0.29, 0.717) is 0 Å². The topological polar surface area (TPSA) is 61.5 Å². The third-order valence-electron chi connectivity index (χ3n) is 2.29. The standard InChI is InChI=1S/C13H19NO3.ClH/c1-9(2)17-11-6-4-10(5-7-11)12(14)8-13(15)16-3;/h4-7,9,12H,8,14H2,1-3H3;1H/t12-;/m0./s1. The molecule has 0 unspecified atom stereocenters. The van der Waals surface area contributed by atoms with Crippen LogP contribution in [0.2, 0.25) is 0 Å². The number of halogens is 1. The average molecular weight is 274 g/mol. The summed E-state index contributed by atoms with van der Waals surface area (Å²) in [4.78, 5) is 11.1. The zero-order valence-corrected chi connectivity index (χ0v) is 11.7. The number of nitrogens with two attached hydrogens (primary N) is 1. The minimum absolute atomic E-state index is 0. The highest BCUT2D eigenvalue weighted by molar-refractivity contribution is 5.85. The van der Waals surface area contributed by atoms with Crippen molar-refractivity contribution in [2.24, 2.45) is 5.73 Å². The summed E-state index contributed by atoms with van der Waals surface area (Å²) >= 11 is 0.